The molecule has 4 rings (SSSR count). The van der Waals surface area contributed by atoms with Crippen LogP contribution in [0.4, 0.5) is 11.4 Å². The van der Waals surface area contributed by atoms with E-state index in [9.17, 15) is 14.4 Å². The third-order valence-corrected chi connectivity index (χ3v) is 6.93. The minimum absolute atomic E-state index is 0.158. The molecule has 2 aliphatic rings. The molecule has 1 saturated heterocycles. The van der Waals surface area contributed by atoms with Gasteiger partial charge < -0.3 is 19.9 Å². The van der Waals surface area contributed by atoms with Crippen LogP contribution in [0, 0.1) is 0 Å². The molecule has 0 spiro atoms. The average molecular weight is 454 g/mol. The Balaban J connectivity index is 1.53. The number of fused-ring (bicyclic) bond motifs is 1. The second-order valence-electron chi connectivity index (χ2n) is 7.91. The molecule has 0 aromatic heterocycles. The zero-order valence-electron chi connectivity index (χ0n) is 18.1. The van der Waals surface area contributed by atoms with Gasteiger partial charge in [0.05, 0.1) is 12.8 Å². The number of carbonyl (C=O) groups excluding carboxylic acids is 3. The molecule has 2 aromatic carbocycles. The van der Waals surface area contributed by atoms with E-state index in [0.717, 1.165) is 30.6 Å². The normalized spacial score (nSPS) is 18.5. The lowest BCUT2D eigenvalue weighted by Gasteiger charge is -2.34. The molecule has 0 aliphatic carbocycles. The number of ether oxygens (including phenoxy) is 1. The molecule has 2 aliphatic heterocycles. The van der Waals surface area contributed by atoms with Gasteiger partial charge in [0.2, 0.25) is 11.8 Å². The molecule has 0 unspecified atom stereocenters. The Bertz CT molecular complexity index is 1000. The molecule has 1 N–H and O–H groups in total. The first-order valence-electron chi connectivity index (χ1n) is 10.9. The third kappa shape index (κ3) is 4.91. The van der Waals surface area contributed by atoms with E-state index in [2.05, 4.69) is 5.32 Å². The summed E-state index contributed by atoms with van der Waals surface area (Å²) in [4.78, 5) is 43.5. The van der Waals surface area contributed by atoms with Gasteiger partial charge in [-0.15, -0.1) is 11.8 Å². The van der Waals surface area contributed by atoms with Crippen molar-refractivity contribution in [1.82, 2.24) is 4.90 Å². The van der Waals surface area contributed by atoms with Crippen LogP contribution >= 0.6 is 11.8 Å². The van der Waals surface area contributed by atoms with Crippen LogP contribution in [0.1, 0.15) is 25.7 Å². The van der Waals surface area contributed by atoms with Crippen molar-refractivity contribution in [3.8, 4) is 5.75 Å². The lowest BCUT2D eigenvalue weighted by atomic mass is 10.2. The number of nitrogens with zero attached hydrogens (tertiary/aromatic N) is 2. The summed E-state index contributed by atoms with van der Waals surface area (Å²) in [7, 11) is 1.56. The summed E-state index contributed by atoms with van der Waals surface area (Å²) in [6.07, 6.45) is 4.13. The fraction of sp³-hybridized carbons (Fsp3) is 0.375. The maximum atomic E-state index is 13.4. The van der Waals surface area contributed by atoms with Crippen molar-refractivity contribution in [2.75, 3.05) is 37.0 Å². The highest BCUT2D eigenvalue weighted by atomic mass is 32.2. The molecule has 3 amide bonds. The van der Waals surface area contributed by atoms with Crippen molar-refractivity contribution in [1.29, 1.82) is 0 Å². The Morgan fingerprint density at radius 2 is 1.81 bits per heavy atom. The fourth-order valence-electron chi connectivity index (χ4n) is 4.04. The van der Waals surface area contributed by atoms with Crippen molar-refractivity contribution < 1.29 is 19.1 Å². The van der Waals surface area contributed by atoms with Crippen LogP contribution in [0.3, 0.4) is 0 Å². The van der Waals surface area contributed by atoms with Crippen LogP contribution in [0.25, 0.3) is 0 Å². The van der Waals surface area contributed by atoms with Gasteiger partial charge in [0.1, 0.15) is 12.3 Å². The molecule has 8 heteroatoms. The summed E-state index contributed by atoms with van der Waals surface area (Å²) < 4.78 is 5.20. The molecule has 0 bridgehead atoms. The zero-order valence-corrected chi connectivity index (χ0v) is 18.9. The van der Waals surface area contributed by atoms with Gasteiger partial charge in [-0.1, -0.05) is 31.0 Å². The van der Waals surface area contributed by atoms with E-state index in [1.54, 1.807) is 31.4 Å². The van der Waals surface area contributed by atoms with Crippen molar-refractivity contribution in [2.45, 2.75) is 35.8 Å². The number of methoxy groups -OCH3 is 1. The van der Waals surface area contributed by atoms with E-state index in [0.29, 0.717) is 30.2 Å². The highest BCUT2D eigenvalue weighted by molar-refractivity contribution is 8.01. The van der Waals surface area contributed by atoms with Gasteiger partial charge in [-0.2, -0.15) is 0 Å². The van der Waals surface area contributed by atoms with Crippen LogP contribution in [-0.4, -0.2) is 54.6 Å². The van der Waals surface area contributed by atoms with Gasteiger partial charge in [-0.25, -0.2) is 0 Å². The number of amides is 3. The van der Waals surface area contributed by atoms with Crippen molar-refractivity contribution in [2.24, 2.45) is 0 Å². The Morgan fingerprint density at radius 3 is 2.56 bits per heavy atom. The van der Waals surface area contributed by atoms with Crippen molar-refractivity contribution in [3.63, 3.8) is 0 Å². The summed E-state index contributed by atoms with van der Waals surface area (Å²) in [6, 6.07) is 14.5. The average Bonchev–Trinajstić information content (AvgIpc) is 3.10. The minimum Gasteiger partial charge on any atom is -0.497 e. The maximum absolute atomic E-state index is 13.4. The van der Waals surface area contributed by atoms with Crippen LogP contribution in [0.5, 0.6) is 5.75 Å². The fourth-order valence-corrected chi connectivity index (χ4v) is 5.23. The van der Waals surface area contributed by atoms with E-state index in [1.807, 2.05) is 29.2 Å². The van der Waals surface area contributed by atoms with E-state index in [4.69, 9.17) is 4.74 Å². The number of anilines is 2. The number of carbonyl (C=O) groups is 3. The number of para-hydroxylation sites is 1. The van der Waals surface area contributed by atoms with E-state index >= 15 is 0 Å². The minimum atomic E-state index is -0.868. The first-order valence-corrected chi connectivity index (χ1v) is 11.7. The quantitative estimate of drug-likeness (QED) is 0.701. The molecular weight excluding hydrogens is 426 g/mol. The number of rotatable bonds is 5. The number of hydrogen-bond donors (Lipinski definition) is 1. The van der Waals surface area contributed by atoms with Gasteiger partial charge in [0.25, 0.3) is 5.91 Å². The Labute approximate surface area is 192 Å². The standard InChI is InChI=1S/C24H27N3O4S/c1-31-18-10-8-9-17(15-18)25-21(28)16-27-19-11-4-5-12-20(19)32-22(24(27)30)23(29)26-13-6-2-3-7-14-26/h4-5,8-12,15,22H,2-3,6-7,13-14,16H2,1H3,(H,25,28)/t22-/m0/s1. The number of hydrogen-bond acceptors (Lipinski definition) is 5. The van der Waals surface area contributed by atoms with Gasteiger partial charge in [0.15, 0.2) is 5.25 Å². The second-order valence-corrected chi connectivity index (χ2v) is 9.06. The molecule has 2 aromatic rings. The molecule has 2 heterocycles. The summed E-state index contributed by atoms with van der Waals surface area (Å²) in [5.41, 5.74) is 1.24. The molecular formula is C24H27N3O4S. The van der Waals surface area contributed by atoms with Crippen LogP contribution in [0.15, 0.2) is 53.4 Å². The van der Waals surface area contributed by atoms with Crippen LogP contribution < -0.4 is 15.0 Å². The lowest BCUT2D eigenvalue weighted by molar-refractivity contribution is -0.135. The first kappa shape index (κ1) is 22.2. The molecule has 168 valence electrons. The van der Waals surface area contributed by atoms with Gasteiger partial charge in [0, 0.05) is 29.7 Å². The number of thioether (sulfide) groups is 1. The molecule has 0 saturated carbocycles. The Morgan fingerprint density at radius 1 is 1.06 bits per heavy atom. The first-order chi connectivity index (χ1) is 15.6. The van der Waals surface area contributed by atoms with Gasteiger partial charge in [-0.3, -0.25) is 14.4 Å². The molecule has 7 nitrogen and oxygen atoms in total. The monoisotopic (exact) mass is 453 g/mol. The van der Waals surface area contributed by atoms with Gasteiger partial charge >= 0.3 is 0 Å². The lowest BCUT2D eigenvalue weighted by Crippen LogP contribution is -2.51. The summed E-state index contributed by atoms with van der Waals surface area (Å²) in [5, 5.41) is 1.95. The molecule has 32 heavy (non-hydrogen) atoms. The van der Waals surface area contributed by atoms with Crippen LogP contribution in [0.2, 0.25) is 0 Å². The van der Waals surface area contributed by atoms with Crippen LogP contribution in [-0.2, 0) is 14.4 Å². The topological polar surface area (TPSA) is 79.0 Å². The van der Waals surface area contributed by atoms with Crippen molar-refractivity contribution >= 4 is 40.9 Å². The summed E-state index contributed by atoms with van der Waals surface area (Å²) in [5.74, 6) is -0.214. The van der Waals surface area contributed by atoms with E-state index < -0.39 is 5.25 Å². The predicted octanol–water partition coefficient (Wildman–Crippen LogP) is 3.54. The maximum Gasteiger partial charge on any atom is 0.250 e. The zero-order chi connectivity index (χ0) is 22.5. The molecule has 1 atom stereocenters. The third-order valence-electron chi connectivity index (χ3n) is 5.69. The highest BCUT2D eigenvalue weighted by Crippen LogP contribution is 2.40. The van der Waals surface area contributed by atoms with E-state index in [1.165, 1.54) is 16.7 Å². The van der Waals surface area contributed by atoms with Gasteiger partial charge in [-0.05, 0) is 37.1 Å². The van der Waals surface area contributed by atoms with E-state index in [-0.39, 0.29) is 24.3 Å². The second kappa shape index (κ2) is 10.1. The predicted molar refractivity (Wildman–Crippen MR) is 125 cm³/mol. The molecule has 0 radical (unpaired) electrons. The SMILES string of the molecule is COc1cccc(NC(=O)CN2C(=O)[C@H](C(=O)N3CCCCCC3)Sc3ccccc32)c1. The Kier molecular flexibility index (Phi) is 6.99. The molecule has 1 fully saturated rings. The number of likely N-dealkylation sites (tertiary alicyclic amines) is 1. The Hall–Kier alpha value is -3.00. The smallest absolute Gasteiger partial charge is 0.250 e. The largest absolute Gasteiger partial charge is 0.497 e. The number of benzene rings is 2. The summed E-state index contributed by atoms with van der Waals surface area (Å²) >= 11 is 1.28. The van der Waals surface area contributed by atoms with Crippen molar-refractivity contribution in [3.05, 3.63) is 48.5 Å². The highest BCUT2D eigenvalue weighted by Gasteiger charge is 2.40. The number of nitrogens with one attached hydrogen (secondary N) is 1. The summed E-state index contributed by atoms with van der Waals surface area (Å²) in [6.45, 7) is 1.19.